The molecule has 1 aliphatic carbocycles. The lowest BCUT2D eigenvalue weighted by molar-refractivity contribution is 0.163. The molecule has 14 heavy (non-hydrogen) atoms. The molecular formula is C12H26N2. The van der Waals surface area contributed by atoms with Gasteiger partial charge in [-0.25, -0.2) is 0 Å². The molecule has 2 unspecified atom stereocenters. The molecule has 84 valence electrons. The summed E-state index contributed by atoms with van der Waals surface area (Å²) in [7, 11) is 0. The predicted molar refractivity (Wildman–Crippen MR) is 61.8 cm³/mol. The van der Waals surface area contributed by atoms with Gasteiger partial charge in [0, 0.05) is 6.04 Å². The van der Waals surface area contributed by atoms with E-state index >= 15 is 0 Å². The number of hydrogen-bond donors (Lipinski definition) is 2. The Morgan fingerprint density at radius 1 is 1.36 bits per heavy atom. The molecule has 1 aliphatic rings. The molecule has 0 radical (unpaired) electrons. The highest BCUT2D eigenvalue weighted by atomic mass is 15.2. The maximum atomic E-state index is 5.68. The first-order chi connectivity index (χ1) is 6.83. The summed E-state index contributed by atoms with van der Waals surface area (Å²) in [6.45, 7) is 4.56. The number of hydrazine groups is 1. The van der Waals surface area contributed by atoms with E-state index in [0.29, 0.717) is 6.04 Å². The van der Waals surface area contributed by atoms with Crippen LogP contribution in [0.2, 0.25) is 0 Å². The zero-order valence-corrected chi connectivity index (χ0v) is 9.76. The summed E-state index contributed by atoms with van der Waals surface area (Å²) in [4.78, 5) is 0. The summed E-state index contributed by atoms with van der Waals surface area (Å²) >= 11 is 0. The number of rotatable bonds is 7. The highest BCUT2D eigenvalue weighted by molar-refractivity contribution is 4.85. The lowest BCUT2D eigenvalue weighted by atomic mass is 9.73. The Hall–Kier alpha value is -0.0800. The van der Waals surface area contributed by atoms with E-state index in [-0.39, 0.29) is 0 Å². The lowest BCUT2D eigenvalue weighted by Crippen LogP contribution is -2.48. The molecule has 0 bridgehead atoms. The topological polar surface area (TPSA) is 38.0 Å². The van der Waals surface area contributed by atoms with Crippen molar-refractivity contribution in [1.29, 1.82) is 0 Å². The highest BCUT2D eigenvalue weighted by Gasteiger charge is 2.31. The first kappa shape index (κ1) is 12.0. The molecule has 0 aromatic rings. The van der Waals surface area contributed by atoms with Gasteiger partial charge >= 0.3 is 0 Å². The van der Waals surface area contributed by atoms with Gasteiger partial charge in [-0.3, -0.25) is 11.3 Å². The van der Waals surface area contributed by atoms with Gasteiger partial charge in [-0.1, -0.05) is 39.5 Å². The third-order valence-electron chi connectivity index (χ3n) is 3.81. The fourth-order valence-electron chi connectivity index (χ4n) is 2.56. The van der Waals surface area contributed by atoms with Crippen LogP contribution in [0.5, 0.6) is 0 Å². The van der Waals surface area contributed by atoms with E-state index in [4.69, 9.17) is 5.84 Å². The van der Waals surface area contributed by atoms with Crippen LogP contribution in [-0.4, -0.2) is 6.04 Å². The first-order valence-corrected chi connectivity index (χ1v) is 6.29. The van der Waals surface area contributed by atoms with Gasteiger partial charge in [0.2, 0.25) is 0 Å². The Kier molecular flexibility index (Phi) is 5.49. The third-order valence-corrected chi connectivity index (χ3v) is 3.81. The van der Waals surface area contributed by atoms with Crippen LogP contribution in [0.15, 0.2) is 0 Å². The zero-order chi connectivity index (χ0) is 10.4. The van der Waals surface area contributed by atoms with Crippen LogP contribution in [0, 0.1) is 11.8 Å². The van der Waals surface area contributed by atoms with Crippen LogP contribution < -0.4 is 11.3 Å². The maximum absolute atomic E-state index is 5.68. The highest BCUT2D eigenvalue weighted by Crippen LogP contribution is 2.34. The van der Waals surface area contributed by atoms with Crippen molar-refractivity contribution in [2.45, 2.75) is 64.8 Å². The molecule has 0 saturated heterocycles. The smallest absolute Gasteiger partial charge is 0.0266 e. The molecular weight excluding hydrogens is 172 g/mol. The minimum Gasteiger partial charge on any atom is -0.271 e. The molecule has 0 spiro atoms. The van der Waals surface area contributed by atoms with Crippen LogP contribution in [-0.2, 0) is 0 Å². The van der Waals surface area contributed by atoms with E-state index in [9.17, 15) is 0 Å². The number of unbranched alkanes of at least 4 members (excludes halogenated alkanes) is 1. The average Bonchev–Trinajstić information content (AvgIpc) is 2.14. The van der Waals surface area contributed by atoms with Gasteiger partial charge in [0.15, 0.2) is 0 Å². The maximum Gasteiger partial charge on any atom is 0.0266 e. The summed E-state index contributed by atoms with van der Waals surface area (Å²) in [6, 6.07) is 0.584. The van der Waals surface area contributed by atoms with Crippen molar-refractivity contribution in [2.24, 2.45) is 17.7 Å². The SMILES string of the molecule is CCCCC(CC)C(NN)C1CCC1. The molecule has 3 N–H and O–H groups in total. The Bertz CT molecular complexity index is 143. The van der Waals surface area contributed by atoms with Crippen molar-refractivity contribution >= 4 is 0 Å². The molecule has 2 heteroatoms. The summed E-state index contributed by atoms with van der Waals surface area (Å²) in [5, 5.41) is 0. The second kappa shape index (κ2) is 6.41. The molecule has 1 fully saturated rings. The molecule has 2 atom stereocenters. The van der Waals surface area contributed by atoms with Gasteiger partial charge in [0.1, 0.15) is 0 Å². The fourth-order valence-corrected chi connectivity index (χ4v) is 2.56. The predicted octanol–water partition coefficient (Wildman–Crippen LogP) is 2.83. The molecule has 0 heterocycles. The fraction of sp³-hybridized carbons (Fsp3) is 1.00. The second-order valence-corrected chi connectivity index (χ2v) is 4.69. The van der Waals surface area contributed by atoms with E-state index in [0.717, 1.165) is 11.8 Å². The second-order valence-electron chi connectivity index (χ2n) is 4.69. The summed E-state index contributed by atoms with van der Waals surface area (Å²) in [5.41, 5.74) is 3.06. The Morgan fingerprint density at radius 3 is 2.43 bits per heavy atom. The van der Waals surface area contributed by atoms with E-state index in [1.165, 1.54) is 44.9 Å². The van der Waals surface area contributed by atoms with Crippen LogP contribution in [0.3, 0.4) is 0 Å². The standard InChI is InChI=1S/C12H26N2/c1-3-5-7-10(4-2)12(14-13)11-8-6-9-11/h10-12,14H,3-9,13H2,1-2H3. The number of nitrogens with two attached hydrogens (primary N) is 1. The van der Waals surface area contributed by atoms with Gasteiger partial charge < -0.3 is 0 Å². The normalized spacial score (nSPS) is 21.6. The molecule has 0 aromatic carbocycles. The number of nitrogens with one attached hydrogen (secondary N) is 1. The Balaban J connectivity index is 2.37. The van der Waals surface area contributed by atoms with Crippen molar-refractivity contribution in [3.8, 4) is 0 Å². The van der Waals surface area contributed by atoms with Gasteiger partial charge in [-0.15, -0.1) is 0 Å². The molecule has 0 aliphatic heterocycles. The van der Waals surface area contributed by atoms with Gasteiger partial charge in [0.05, 0.1) is 0 Å². The van der Waals surface area contributed by atoms with Crippen LogP contribution in [0.25, 0.3) is 0 Å². The zero-order valence-electron chi connectivity index (χ0n) is 9.76. The van der Waals surface area contributed by atoms with E-state index in [2.05, 4.69) is 19.3 Å². The largest absolute Gasteiger partial charge is 0.271 e. The Labute approximate surface area is 88.6 Å². The minimum absolute atomic E-state index is 0.584. The summed E-state index contributed by atoms with van der Waals surface area (Å²) in [5.74, 6) is 7.34. The molecule has 1 rings (SSSR count). The first-order valence-electron chi connectivity index (χ1n) is 6.29. The van der Waals surface area contributed by atoms with Gasteiger partial charge in [0.25, 0.3) is 0 Å². The molecule has 0 aromatic heterocycles. The van der Waals surface area contributed by atoms with Crippen LogP contribution >= 0.6 is 0 Å². The van der Waals surface area contributed by atoms with Crippen LogP contribution in [0.4, 0.5) is 0 Å². The average molecular weight is 198 g/mol. The van der Waals surface area contributed by atoms with Crippen LogP contribution in [0.1, 0.15) is 58.8 Å². The van der Waals surface area contributed by atoms with E-state index in [1.54, 1.807) is 0 Å². The van der Waals surface area contributed by atoms with E-state index < -0.39 is 0 Å². The third kappa shape index (κ3) is 2.96. The van der Waals surface area contributed by atoms with Crippen molar-refractivity contribution in [2.75, 3.05) is 0 Å². The quantitative estimate of drug-likeness (QED) is 0.487. The van der Waals surface area contributed by atoms with Gasteiger partial charge in [-0.05, 0) is 31.1 Å². The monoisotopic (exact) mass is 198 g/mol. The van der Waals surface area contributed by atoms with Crippen molar-refractivity contribution in [3.05, 3.63) is 0 Å². The number of hydrogen-bond acceptors (Lipinski definition) is 2. The van der Waals surface area contributed by atoms with E-state index in [1.807, 2.05) is 0 Å². The Morgan fingerprint density at radius 2 is 2.07 bits per heavy atom. The van der Waals surface area contributed by atoms with Crippen molar-refractivity contribution < 1.29 is 0 Å². The minimum atomic E-state index is 0.584. The lowest BCUT2D eigenvalue weighted by Gasteiger charge is -2.38. The van der Waals surface area contributed by atoms with Crippen molar-refractivity contribution in [1.82, 2.24) is 5.43 Å². The van der Waals surface area contributed by atoms with Crippen molar-refractivity contribution in [3.63, 3.8) is 0 Å². The molecule has 0 amide bonds. The summed E-state index contributed by atoms with van der Waals surface area (Å²) in [6.07, 6.45) is 9.45. The molecule has 2 nitrogen and oxygen atoms in total. The van der Waals surface area contributed by atoms with Gasteiger partial charge in [-0.2, -0.15) is 0 Å². The summed E-state index contributed by atoms with van der Waals surface area (Å²) < 4.78 is 0. The molecule has 1 saturated carbocycles.